The minimum absolute atomic E-state index is 0.0946. The summed E-state index contributed by atoms with van der Waals surface area (Å²) in [7, 11) is 2.12. The van der Waals surface area contributed by atoms with Gasteiger partial charge in [0.25, 0.3) is 0 Å². The van der Waals surface area contributed by atoms with Gasteiger partial charge in [0.2, 0.25) is 5.89 Å². The third kappa shape index (κ3) is 3.36. The van der Waals surface area contributed by atoms with Gasteiger partial charge >= 0.3 is 0 Å². The molecule has 1 saturated carbocycles. The SMILES string of the molecule is CN1CCN(Cc2ccc(CO)cc2)CC1c1nc(C2CC2)no1. The largest absolute Gasteiger partial charge is 0.392 e. The molecule has 1 aliphatic carbocycles. The van der Waals surface area contributed by atoms with Crippen molar-refractivity contribution in [2.24, 2.45) is 0 Å². The molecule has 1 aliphatic heterocycles. The lowest BCUT2D eigenvalue weighted by Crippen LogP contribution is -2.46. The van der Waals surface area contributed by atoms with Crippen LogP contribution in [0.15, 0.2) is 28.8 Å². The first-order valence-corrected chi connectivity index (χ1v) is 8.67. The Kier molecular flexibility index (Phi) is 4.35. The van der Waals surface area contributed by atoms with Gasteiger partial charge in [-0.15, -0.1) is 0 Å². The lowest BCUT2D eigenvalue weighted by Gasteiger charge is -2.37. The summed E-state index contributed by atoms with van der Waals surface area (Å²) in [6.07, 6.45) is 2.38. The molecule has 1 saturated heterocycles. The molecule has 0 amide bonds. The summed E-state index contributed by atoms with van der Waals surface area (Å²) in [6.45, 7) is 3.90. The summed E-state index contributed by atoms with van der Waals surface area (Å²) in [5.74, 6) is 2.16. The van der Waals surface area contributed by atoms with Crippen LogP contribution in [0.2, 0.25) is 0 Å². The topological polar surface area (TPSA) is 65.6 Å². The van der Waals surface area contributed by atoms with E-state index in [2.05, 4.69) is 39.1 Å². The number of aromatic nitrogens is 2. The van der Waals surface area contributed by atoms with Gasteiger partial charge in [0.05, 0.1) is 6.61 Å². The number of aliphatic hydroxyl groups is 1. The van der Waals surface area contributed by atoms with Crippen molar-refractivity contribution in [3.8, 4) is 0 Å². The highest BCUT2D eigenvalue weighted by Gasteiger charge is 2.33. The molecular formula is C18H24N4O2. The van der Waals surface area contributed by atoms with E-state index >= 15 is 0 Å². The van der Waals surface area contributed by atoms with Crippen LogP contribution in [0.3, 0.4) is 0 Å². The molecule has 0 spiro atoms. The van der Waals surface area contributed by atoms with Gasteiger partial charge in [-0.1, -0.05) is 29.4 Å². The molecule has 6 nitrogen and oxygen atoms in total. The fourth-order valence-electron chi connectivity index (χ4n) is 3.24. The van der Waals surface area contributed by atoms with Gasteiger partial charge in [-0.25, -0.2) is 0 Å². The molecule has 2 aromatic rings. The number of aliphatic hydroxyl groups excluding tert-OH is 1. The second kappa shape index (κ2) is 6.63. The van der Waals surface area contributed by atoms with E-state index < -0.39 is 0 Å². The van der Waals surface area contributed by atoms with Gasteiger partial charge in [-0.05, 0) is 31.0 Å². The molecule has 6 heteroatoms. The van der Waals surface area contributed by atoms with Crippen molar-refractivity contribution < 1.29 is 9.63 Å². The molecule has 1 aromatic heterocycles. The number of benzene rings is 1. The number of piperazine rings is 1. The van der Waals surface area contributed by atoms with E-state index in [0.29, 0.717) is 5.92 Å². The molecule has 0 radical (unpaired) electrons. The molecule has 2 aliphatic rings. The van der Waals surface area contributed by atoms with Gasteiger partial charge in [0.15, 0.2) is 5.82 Å². The first kappa shape index (κ1) is 15.7. The van der Waals surface area contributed by atoms with Crippen molar-refractivity contribution >= 4 is 0 Å². The van der Waals surface area contributed by atoms with Crippen molar-refractivity contribution in [2.75, 3.05) is 26.7 Å². The molecule has 1 N–H and O–H groups in total. The molecule has 2 heterocycles. The molecule has 2 fully saturated rings. The van der Waals surface area contributed by atoms with E-state index in [0.717, 1.165) is 43.5 Å². The summed E-state index contributed by atoms with van der Waals surface area (Å²) in [5, 5.41) is 13.3. The second-order valence-electron chi connectivity index (χ2n) is 6.97. The Morgan fingerprint density at radius 1 is 1.17 bits per heavy atom. The van der Waals surface area contributed by atoms with Crippen molar-refractivity contribution in [1.29, 1.82) is 0 Å². The molecule has 128 valence electrons. The molecule has 1 aromatic carbocycles. The van der Waals surface area contributed by atoms with Crippen LogP contribution >= 0.6 is 0 Å². The first-order valence-electron chi connectivity index (χ1n) is 8.67. The fourth-order valence-corrected chi connectivity index (χ4v) is 3.24. The van der Waals surface area contributed by atoms with Crippen LogP contribution < -0.4 is 0 Å². The highest BCUT2D eigenvalue weighted by molar-refractivity contribution is 5.22. The summed E-state index contributed by atoms with van der Waals surface area (Å²) < 4.78 is 5.55. The average Bonchev–Trinajstić information content (AvgIpc) is 3.35. The monoisotopic (exact) mass is 328 g/mol. The first-order chi connectivity index (χ1) is 11.7. The van der Waals surface area contributed by atoms with Crippen LogP contribution in [-0.4, -0.2) is 51.7 Å². The van der Waals surface area contributed by atoms with Gasteiger partial charge in [-0.3, -0.25) is 9.80 Å². The molecular weight excluding hydrogens is 304 g/mol. The van der Waals surface area contributed by atoms with E-state index in [4.69, 9.17) is 9.63 Å². The van der Waals surface area contributed by atoms with E-state index in [1.165, 1.54) is 18.4 Å². The van der Waals surface area contributed by atoms with Crippen molar-refractivity contribution in [3.63, 3.8) is 0 Å². The van der Waals surface area contributed by atoms with Crippen molar-refractivity contribution in [2.45, 2.75) is 38.0 Å². The zero-order chi connectivity index (χ0) is 16.5. The van der Waals surface area contributed by atoms with Gasteiger partial charge in [-0.2, -0.15) is 4.98 Å². The highest BCUT2D eigenvalue weighted by atomic mass is 16.5. The predicted octanol–water partition coefficient (Wildman–Crippen LogP) is 1.93. The third-order valence-corrected chi connectivity index (χ3v) is 5.03. The summed E-state index contributed by atoms with van der Waals surface area (Å²) in [4.78, 5) is 9.37. The Labute approximate surface area is 142 Å². The van der Waals surface area contributed by atoms with E-state index in [1.54, 1.807) is 0 Å². The fraction of sp³-hybridized carbons (Fsp3) is 0.556. The van der Waals surface area contributed by atoms with Gasteiger partial charge < -0.3 is 9.63 Å². The van der Waals surface area contributed by atoms with Crippen molar-refractivity contribution in [3.05, 3.63) is 47.1 Å². The number of hydrogen-bond donors (Lipinski definition) is 1. The Balaban J connectivity index is 1.43. The van der Waals surface area contributed by atoms with E-state index in [9.17, 15) is 0 Å². The standard InChI is InChI=1S/C18H24N4O2/c1-21-8-9-22(10-13-2-4-14(12-23)5-3-13)11-16(21)18-19-17(20-24-18)15-6-7-15/h2-5,15-16,23H,6-12H2,1H3. The molecule has 1 atom stereocenters. The lowest BCUT2D eigenvalue weighted by molar-refractivity contribution is 0.0714. The quantitative estimate of drug-likeness (QED) is 0.905. The van der Waals surface area contributed by atoms with Gasteiger partial charge in [0.1, 0.15) is 6.04 Å². The maximum atomic E-state index is 9.15. The zero-order valence-electron chi connectivity index (χ0n) is 14.1. The second-order valence-corrected chi connectivity index (χ2v) is 6.97. The van der Waals surface area contributed by atoms with Crippen LogP contribution in [0.25, 0.3) is 0 Å². The van der Waals surface area contributed by atoms with Gasteiger partial charge in [0, 0.05) is 32.1 Å². The number of likely N-dealkylation sites (N-methyl/N-ethyl adjacent to an activating group) is 1. The van der Waals surface area contributed by atoms with Crippen LogP contribution in [0.5, 0.6) is 0 Å². The Morgan fingerprint density at radius 2 is 1.92 bits per heavy atom. The Hall–Kier alpha value is -1.76. The predicted molar refractivity (Wildman–Crippen MR) is 89.3 cm³/mol. The lowest BCUT2D eigenvalue weighted by atomic mass is 10.1. The molecule has 24 heavy (non-hydrogen) atoms. The highest BCUT2D eigenvalue weighted by Crippen LogP contribution is 2.38. The Bertz CT molecular complexity index is 681. The minimum atomic E-state index is 0.0946. The van der Waals surface area contributed by atoms with Crippen molar-refractivity contribution in [1.82, 2.24) is 19.9 Å². The number of nitrogens with zero attached hydrogens (tertiary/aromatic N) is 4. The van der Waals surface area contributed by atoms with Crippen LogP contribution in [0.4, 0.5) is 0 Å². The summed E-state index contributed by atoms with van der Waals surface area (Å²) in [6, 6.07) is 8.33. The smallest absolute Gasteiger partial charge is 0.245 e. The molecule has 0 bridgehead atoms. The normalized spacial score (nSPS) is 22.8. The van der Waals surface area contributed by atoms with Crippen LogP contribution in [0, 0.1) is 0 Å². The third-order valence-electron chi connectivity index (χ3n) is 5.03. The summed E-state index contributed by atoms with van der Waals surface area (Å²) in [5.41, 5.74) is 2.22. The number of rotatable bonds is 5. The average molecular weight is 328 g/mol. The Morgan fingerprint density at radius 3 is 2.62 bits per heavy atom. The number of hydrogen-bond acceptors (Lipinski definition) is 6. The van der Waals surface area contributed by atoms with E-state index in [1.807, 2.05) is 12.1 Å². The van der Waals surface area contributed by atoms with E-state index in [-0.39, 0.29) is 12.6 Å². The zero-order valence-corrected chi connectivity index (χ0v) is 14.1. The molecule has 4 rings (SSSR count). The maximum absolute atomic E-state index is 9.15. The van der Waals surface area contributed by atoms with Crippen LogP contribution in [-0.2, 0) is 13.2 Å². The summed E-state index contributed by atoms with van der Waals surface area (Å²) >= 11 is 0. The van der Waals surface area contributed by atoms with Crippen LogP contribution in [0.1, 0.15) is 47.6 Å². The maximum Gasteiger partial charge on any atom is 0.245 e. The minimum Gasteiger partial charge on any atom is -0.392 e. The molecule has 1 unspecified atom stereocenters.